The molecule has 17 heavy (non-hydrogen) atoms. The summed E-state index contributed by atoms with van der Waals surface area (Å²) in [5, 5.41) is 3.36. The molecule has 1 fully saturated rings. The predicted molar refractivity (Wildman–Crippen MR) is 67.8 cm³/mol. The van der Waals surface area contributed by atoms with Gasteiger partial charge in [-0.3, -0.25) is 0 Å². The van der Waals surface area contributed by atoms with Gasteiger partial charge in [-0.2, -0.15) is 0 Å². The third-order valence-corrected chi connectivity index (χ3v) is 3.12. The van der Waals surface area contributed by atoms with Crippen molar-refractivity contribution in [3.05, 3.63) is 54.1 Å². The summed E-state index contributed by atoms with van der Waals surface area (Å²) in [4.78, 5) is 7.99. The van der Waals surface area contributed by atoms with Gasteiger partial charge in [0.05, 0.1) is 18.1 Å². The number of aromatic nitrogens is 2. The number of nitrogens with zero attached hydrogens (tertiary/aromatic N) is 2. The van der Waals surface area contributed by atoms with Crippen LogP contribution in [-0.2, 0) is 6.54 Å². The van der Waals surface area contributed by atoms with Gasteiger partial charge in [-0.15, -0.1) is 0 Å². The fourth-order valence-corrected chi connectivity index (χ4v) is 2.08. The molecular formula is C14H15N3. The minimum atomic E-state index is 0.792. The molecule has 3 heteroatoms. The average Bonchev–Trinajstić information content (AvgIpc) is 3.22. The van der Waals surface area contributed by atoms with Crippen LogP contribution in [0.3, 0.4) is 0 Å². The highest BCUT2D eigenvalue weighted by molar-refractivity contribution is 5.41. The van der Waals surface area contributed by atoms with E-state index in [-0.39, 0.29) is 0 Å². The van der Waals surface area contributed by atoms with Crippen molar-refractivity contribution >= 4 is 5.69 Å². The summed E-state index contributed by atoms with van der Waals surface area (Å²) < 4.78 is 0. The molecule has 0 amide bonds. The zero-order valence-corrected chi connectivity index (χ0v) is 9.63. The summed E-state index contributed by atoms with van der Waals surface area (Å²) >= 11 is 0. The minimum Gasteiger partial charge on any atom is -0.378 e. The molecule has 1 aliphatic carbocycles. The number of hydrogen-bond donors (Lipinski definition) is 1. The zero-order chi connectivity index (χ0) is 11.5. The van der Waals surface area contributed by atoms with Crippen LogP contribution in [0.1, 0.15) is 29.9 Å². The molecule has 3 rings (SSSR count). The van der Waals surface area contributed by atoms with E-state index in [1.54, 1.807) is 18.7 Å². The van der Waals surface area contributed by atoms with Gasteiger partial charge in [0, 0.05) is 6.54 Å². The van der Waals surface area contributed by atoms with Crippen molar-refractivity contribution in [1.82, 2.24) is 9.97 Å². The molecule has 0 bridgehead atoms. The van der Waals surface area contributed by atoms with E-state index in [2.05, 4.69) is 39.6 Å². The number of nitrogens with one attached hydrogen (secondary N) is 1. The first kappa shape index (κ1) is 10.3. The first-order valence-electron chi connectivity index (χ1n) is 6.00. The van der Waals surface area contributed by atoms with Crippen molar-refractivity contribution in [2.75, 3.05) is 5.32 Å². The van der Waals surface area contributed by atoms with Crippen molar-refractivity contribution in [3.63, 3.8) is 0 Å². The van der Waals surface area contributed by atoms with Crippen molar-refractivity contribution in [2.24, 2.45) is 0 Å². The second kappa shape index (κ2) is 4.53. The summed E-state index contributed by atoms with van der Waals surface area (Å²) in [5.41, 5.74) is 3.86. The van der Waals surface area contributed by atoms with Crippen molar-refractivity contribution < 1.29 is 0 Å². The predicted octanol–water partition coefficient (Wildman–Crippen LogP) is 2.97. The van der Waals surface area contributed by atoms with E-state index in [1.165, 1.54) is 24.0 Å². The van der Waals surface area contributed by atoms with Gasteiger partial charge in [0.2, 0.25) is 0 Å². The van der Waals surface area contributed by atoms with E-state index in [1.807, 2.05) is 0 Å². The van der Waals surface area contributed by atoms with Gasteiger partial charge in [-0.1, -0.05) is 24.3 Å². The number of anilines is 1. The molecule has 0 radical (unpaired) electrons. The lowest BCUT2D eigenvalue weighted by atomic mass is 10.0. The Kier molecular flexibility index (Phi) is 2.74. The fourth-order valence-electron chi connectivity index (χ4n) is 2.08. The Morgan fingerprint density at radius 2 is 1.88 bits per heavy atom. The normalized spacial score (nSPS) is 14.6. The van der Waals surface area contributed by atoms with Crippen LogP contribution in [0.2, 0.25) is 0 Å². The van der Waals surface area contributed by atoms with Crippen molar-refractivity contribution in [3.8, 4) is 0 Å². The molecule has 1 N–H and O–H groups in total. The van der Waals surface area contributed by atoms with Gasteiger partial charge < -0.3 is 5.32 Å². The van der Waals surface area contributed by atoms with Gasteiger partial charge in [-0.05, 0) is 29.9 Å². The Balaban J connectivity index is 1.73. The monoisotopic (exact) mass is 225 g/mol. The molecule has 0 spiro atoms. The molecule has 2 aromatic rings. The lowest BCUT2D eigenvalue weighted by Crippen LogP contribution is -2.02. The van der Waals surface area contributed by atoms with Gasteiger partial charge in [0.15, 0.2) is 0 Å². The van der Waals surface area contributed by atoms with E-state index in [4.69, 9.17) is 0 Å². The van der Waals surface area contributed by atoms with Crippen molar-refractivity contribution in [1.29, 1.82) is 0 Å². The Morgan fingerprint density at radius 1 is 1.12 bits per heavy atom. The molecule has 0 unspecified atom stereocenters. The first-order valence-corrected chi connectivity index (χ1v) is 6.00. The van der Waals surface area contributed by atoms with Crippen LogP contribution in [0.25, 0.3) is 0 Å². The summed E-state index contributed by atoms with van der Waals surface area (Å²) in [6, 6.07) is 8.67. The molecule has 1 saturated carbocycles. The first-order chi connectivity index (χ1) is 8.43. The SMILES string of the molecule is c1ccc(C2CC2)c(CNc2cncnc2)c1. The Bertz CT molecular complexity index is 492. The third-order valence-electron chi connectivity index (χ3n) is 3.12. The second-order valence-corrected chi connectivity index (χ2v) is 4.45. The Morgan fingerprint density at radius 3 is 2.65 bits per heavy atom. The summed E-state index contributed by atoms with van der Waals surface area (Å²) in [7, 11) is 0. The molecule has 3 nitrogen and oxygen atoms in total. The van der Waals surface area contributed by atoms with Gasteiger partial charge >= 0.3 is 0 Å². The van der Waals surface area contributed by atoms with Crippen LogP contribution >= 0.6 is 0 Å². The van der Waals surface area contributed by atoms with E-state index in [0.29, 0.717) is 0 Å². The van der Waals surface area contributed by atoms with Crippen LogP contribution in [0.4, 0.5) is 5.69 Å². The van der Waals surface area contributed by atoms with Crippen LogP contribution in [-0.4, -0.2) is 9.97 Å². The fraction of sp³-hybridized carbons (Fsp3) is 0.286. The lowest BCUT2D eigenvalue weighted by molar-refractivity contribution is 1.03. The highest BCUT2D eigenvalue weighted by atomic mass is 14.9. The molecule has 1 aromatic heterocycles. The maximum absolute atomic E-state index is 3.99. The third kappa shape index (κ3) is 2.44. The molecule has 1 heterocycles. The van der Waals surface area contributed by atoms with Gasteiger partial charge in [0.1, 0.15) is 6.33 Å². The van der Waals surface area contributed by atoms with Crippen LogP contribution < -0.4 is 5.32 Å². The number of hydrogen-bond acceptors (Lipinski definition) is 3. The zero-order valence-electron chi connectivity index (χ0n) is 9.63. The number of benzene rings is 1. The van der Waals surface area contributed by atoms with Crippen molar-refractivity contribution in [2.45, 2.75) is 25.3 Å². The molecular weight excluding hydrogens is 210 g/mol. The van der Waals surface area contributed by atoms with Crippen LogP contribution in [0, 0.1) is 0 Å². The summed E-state index contributed by atoms with van der Waals surface area (Å²) in [5.74, 6) is 0.792. The van der Waals surface area contributed by atoms with Gasteiger partial charge in [-0.25, -0.2) is 9.97 Å². The van der Waals surface area contributed by atoms with Crippen LogP contribution in [0.15, 0.2) is 43.0 Å². The maximum Gasteiger partial charge on any atom is 0.115 e. The topological polar surface area (TPSA) is 37.8 Å². The van der Waals surface area contributed by atoms with Crippen LogP contribution in [0.5, 0.6) is 0 Å². The molecule has 86 valence electrons. The van der Waals surface area contributed by atoms with Gasteiger partial charge in [0.25, 0.3) is 0 Å². The highest BCUT2D eigenvalue weighted by Gasteiger charge is 2.25. The maximum atomic E-state index is 3.99. The highest BCUT2D eigenvalue weighted by Crippen LogP contribution is 2.41. The largest absolute Gasteiger partial charge is 0.378 e. The molecule has 1 aliphatic rings. The van der Waals surface area contributed by atoms with E-state index in [0.717, 1.165) is 18.2 Å². The standard InChI is InChI=1S/C14H15N3/c1-2-4-14(11-5-6-11)12(3-1)7-17-13-8-15-10-16-9-13/h1-4,8-11,17H,5-7H2. The quantitative estimate of drug-likeness (QED) is 0.869. The van der Waals surface area contributed by atoms with E-state index in [9.17, 15) is 0 Å². The summed E-state index contributed by atoms with van der Waals surface area (Å²) in [6.45, 7) is 0.847. The Hall–Kier alpha value is -1.90. The molecule has 0 aliphatic heterocycles. The lowest BCUT2D eigenvalue weighted by Gasteiger charge is -2.10. The second-order valence-electron chi connectivity index (χ2n) is 4.45. The summed E-state index contributed by atoms with van der Waals surface area (Å²) in [6.07, 6.45) is 7.82. The minimum absolute atomic E-state index is 0.792. The molecule has 0 saturated heterocycles. The van der Waals surface area contributed by atoms with E-state index >= 15 is 0 Å². The number of rotatable bonds is 4. The molecule has 1 aromatic carbocycles. The van der Waals surface area contributed by atoms with E-state index < -0.39 is 0 Å². The average molecular weight is 225 g/mol. The smallest absolute Gasteiger partial charge is 0.115 e. The Labute approximate surface area is 101 Å². The molecule has 0 atom stereocenters.